The Kier molecular flexibility index (Phi) is 5.16. The number of hydrogen-bond donors (Lipinski definition) is 1. The van der Waals surface area contributed by atoms with Crippen molar-refractivity contribution < 1.29 is 0 Å². The van der Waals surface area contributed by atoms with Crippen LogP contribution in [0.3, 0.4) is 0 Å². The van der Waals surface area contributed by atoms with Gasteiger partial charge in [-0.1, -0.05) is 25.0 Å². The van der Waals surface area contributed by atoms with E-state index in [1.54, 1.807) is 24.8 Å². The van der Waals surface area contributed by atoms with E-state index in [0.29, 0.717) is 5.82 Å². The third-order valence-corrected chi connectivity index (χ3v) is 5.43. The highest BCUT2D eigenvalue weighted by Crippen LogP contribution is 2.28. The maximum absolute atomic E-state index is 4.64. The van der Waals surface area contributed by atoms with E-state index in [9.17, 15) is 0 Å². The van der Waals surface area contributed by atoms with Crippen molar-refractivity contribution in [3.63, 3.8) is 0 Å². The maximum Gasteiger partial charge on any atom is 0.225 e. The lowest BCUT2D eigenvalue weighted by molar-refractivity contribution is 0.726. The van der Waals surface area contributed by atoms with Crippen molar-refractivity contribution in [1.29, 1.82) is 0 Å². The van der Waals surface area contributed by atoms with Crippen LogP contribution in [0.4, 0.5) is 17.5 Å². The van der Waals surface area contributed by atoms with Crippen molar-refractivity contribution >= 4 is 28.4 Å². The number of aromatic nitrogens is 5. The molecule has 1 aliphatic heterocycles. The number of anilines is 3. The molecule has 1 fully saturated rings. The molecule has 0 atom stereocenters. The lowest BCUT2D eigenvalue weighted by Crippen LogP contribution is -2.25. The highest BCUT2D eigenvalue weighted by atomic mass is 15.2. The van der Waals surface area contributed by atoms with Crippen molar-refractivity contribution in [1.82, 2.24) is 24.9 Å². The van der Waals surface area contributed by atoms with Gasteiger partial charge >= 0.3 is 0 Å². The molecule has 0 saturated carbocycles. The second kappa shape index (κ2) is 8.41. The number of fused-ring (bicyclic) bond motifs is 1. The van der Waals surface area contributed by atoms with Crippen molar-refractivity contribution in [3.05, 3.63) is 61.4 Å². The van der Waals surface area contributed by atoms with E-state index < -0.39 is 0 Å². The number of benzene rings is 1. The summed E-state index contributed by atoms with van der Waals surface area (Å²) in [5.74, 6) is 1.53. The van der Waals surface area contributed by atoms with Crippen LogP contribution >= 0.6 is 0 Å². The van der Waals surface area contributed by atoms with Crippen molar-refractivity contribution in [2.75, 3.05) is 23.3 Å². The molecule has 0 radical (unpaired) electrons. The largest absolute Gasteiger partial charge is 0.341 e. The lowest BCUT2D eigenvalue weighted by atomic mass is 10.1. The molecule has 1 aromatic carbocycles. The summed E-state index contributed by atoms with van der Waals surface area (Å²) in [6.07, 6.45) is 15.7. The Balaban J connectivity index is 1.41. The Morgan fingerprint density at radius 2 is 1.57 bits per heavy atom. The van der Waals surface area contributed by atoms with E-state index in [-0.39, 0.29) is 0 Å². The fourth-order valence-corrected chi connectivity index (χ4v) is 3.84. The normalized spacial score (nSPS) is 14.5. The van der Waals surface area contributed by atoms with E-state index in [1.165, 1.54) is 25.7 Å². The van der Waals surface area contributed by atoms with Gasteiger partial charge in [-0.2, -0.15) is 0 Å². The van der Waals surface area contributed by atoms with Gasteiger partial charge < -0.3 is 10.2 Å². The first-order chi connectivity index (χ1) is 14.9. The van der Waals surface area contributed by atoms with E-state index in [4.69, 9.17) is 0 Å². The fourth-order valence-electron chi connectivity index (χ4n) is 3.84. The minimum atomic E-state index is 0.701. The lowest BCUT2D eigenvalue weighted by Gasteiger charge is -2.19. The van der Waals surface area contributed by atoms with Gasteiger partial charge in [0, 0.05) is 55.0 Å². The molecule has 0 aliphatic carbocycles. The zero-order chi connectivity index (χ0) is 20.2. The molecule has 4 aromatic rings. The molecule has 1 N–H and O–H groups in total. The standard InChI is InChI=1S/C23H23N7/c1-2-4-12-30(11-3-1)23-27-14-18(15-28-23)17-5-6-19-20(7-8-25-21(19)13-17)29-22-16-24-9-10-26-22/h5-10,13-16H,1-4,11-12H2,(H,25,26,29). The summed E-state index contributed by atoms with van der Waals surface area (Å²) in [4.78, 5) is 24.5. The molecule has 1 aliphatic rings. The van der Waals surface area contributed by atoms with Gasteiger partial charge in [0.15, 0.2) is 0 Å². The van der Waals surface area contributed by atoms with E-state index in [2.05, 4.69) is 53.3 Å². The van der Waals surface area contributed by atoms with Gasteiger partial charge in [0.1, 0.15) is 5.82 Å². The summed E-state index contributed by atoms with van der Waals surface area (Å²) in [5, 5.41) is 4.33. The maximum atomic E-state index is 4.64. The minimum Gasteiger partial charge on any atom is -0.341 e. The molecule has 3 aromatic heterocycles. The molecule has 7 heteroatoms. The number of hydrogen-bond acceptors (Lipinski definition) is 7. The van der Waals surface area contributed by atoms with Crippen LogP contribution in [0.5, 0.6) is 0 Å². The molecule has 7 nitrogen and oxygen atoms in total. The smallest absolute Gasteiger partial charge is 0.225 e. The Labute approximate surface area is 175 Å². The summed E-state index contributed by atoms with van der Waals surface area (Å²) in [6, 6.07) is 8.16. The molecule has 4 heterocycles. The van der Waals surface area contributed by atoms with Crippen LogP contribution in [0.1, 0.15) is 25.7 Å². The number of pyridine rings is 1. The molecule has 5 rings (SSSR count). The highest BCUT2D eigenvalue weighted by Gasteiger charge is 2.13. The Morgan fingerprint density at radius 1 is 0.733 bits per heavy atom. The first-order valence-electron chi connectivity index (χ1n) is 10.4. The molecule has 150 valence electrons. The first kappa shape index (κ1) is 18.4. The predicted molar refractivity (Wildman–Crippen MR) is 119 cm³/mol. The van der Waals surface area contributed by atoms with Crippen LogP contribution in [0.2, 0.25) is 0 Å². The number of nitrogens with zero attached hydrogens (tertiary/aromatic N) is 6. The van der Waals surface area contributed by atoms with Gasteiger partial charge in [-0.05, 0) is 30.5 Å². The SMILES string of the molecule is c1cnc(Nc2ccnc3cc(-c4cnc(N5CCCCCC5)nc4)ccc23)cn1. The Hall–Kier alpha value is -3.61. The summed E-state index contributed by atoms with van der Waals surface area (Å²) >= 11 is 0. The van der Waals surface area contributed by atoms with Crippen LogP contribution in [0.15, 0.2) is 61.4 Å². The molecule has 0 bridgehead atoms. The van der Waals surface area contributed by atoms with Gasteiger partial charge in [-0.15, -0.1) is 0 Å². The van der Waals surface area contributed by atoms with Crippen molar-refractivity contribution in [3.8, 4) is 11.1 Å². The zero-order valence-corrected chi connectivity index (χ0v) is 16.7. The van der Waals surface area contributed by atoms with E-state index in [0.717, 1.165) is 46.8 Å². The number of nitrogens with one attached hydrogen (secondary N) is 1. The molecular formula is C23H23N7. The fraction of sp³-hybridized carbons (Fsp3) is 0.261. The van der Waals surface area contributed by atoms with Crippen molar-refractivity contribution in [2.45, 2.75) is 25.7 Å². The van der Waals surface area contributed by atoms with Crippen LogP contribution in [0, 0.1) is 0 Å². The third kappa shape index (κ3) is 3.91. The summed E-state index contributed by atoms with van der Waals surface area (Å²) < 4.78 is 0. The quantitative estimate of drug-likeness (QED) is 0.539. The average molecular weight is 397 g/mol. The highest BCUT2D eigenvalue weighted by molar-refractivity contribution is 5.94. The van der Waals surface area contributed by atoms with Crippen LogP contribution in [0.25, 0.3) is 22.0 Å². The van der Waals surface area contributed by atoms with Crippen molar-refractivity contribution in [2.24, 2.45) is 0 Å². The Morgan fingerprint density at radius 3 is 2.33 bits per heavy atom. The summed E-state index contributed by atoms with van der Waals surface area (Å²) in [6.45, 7) is 2.08. The average Bonchev–Trinajstić information content (AvgIpc) is 3.09. The van der Waals surface area contributed by atoms with Gasteiger partial charge in [-0.25, -0.2) is 15.0 Å². The zero-order valence-electron chi connectivity index (χ0n) is 16.7. The summed E-state index contributed by atoms with van der Waals surface area (Å²) in [7, 11) is 0. The van der Waals surface area contributed by atoms with Gasteiger partial charge in [0.25, 0.3) is 0 Å². The molecule has 0 amide bonds. The predicted octanol–water partition coefficient (Wildman–Crippen LogP) is 4.61. The van der Waals surface area contributed by atoms with Gasteiger partial charge in [-0.3, -0.25) is 9.97 Å². The molecular weight excluding hydrogens is 374 g/mol. The topological polar surface area (TPSA) is 79.7 Å². The molecule has 30 heavy (non-hydrogen) atoms. The van der Waals surface area contributed by atoms with Crippen LogP contribution < -0.4 is 10.2 Å². The van der Waals surface area contributed by atoms with E-state index in [1.807, 2.05) is 18.5 Å². The molecule has 0 unspecified atom stereocenters. The molecule has 0 spiro atoms. The van der Waals surface area contributed by atoms with Gasteiger partial charge in [0.2, 0.25) is 5.95 Å². The monoisotopic (exact) mass is 397 g/mol. The van der Waals surface area contributed by atoms with Crippen LogP contribution in [-0.2, 0) is 0 Å². The first-order valence-corrected chi connectivity index (χ1v) is 10.4. The van der Waals surface area contributed by atoms with Gasteiger partial charge in [0.05, 0.1) is 17.4 Å². The minimum absolute atomic E-state index is 0.701. The number of rotatable bonds is 4. The van der Waals surface area contributed by atoms with Crippen LogP contribution in [-0.4, -0.2) is 38.0 Å². The summed E-state index contributed by atoms with van der Waals surface area (Å²) in [5.41, 5.74) is 3.89. The second-order valence-corrected chi connectivity index (χ2v) is 7.48. The Bertz CT molecular complexity index is 1120. The molecule has 1 saturated heterocycles. The van der Waals surface area contributed by atoms with E-state index >= 15 is 0 Å². The second-order valence-electron chi connectivity index (χ2n) is 7.48. The third-order valence-electron chi connectivity index (χ3n) is 5.43.